The number of likely N-dealkylation sites (tertiary alicyclic amines) is 1. The van der Waals surface area contributed by atoms with Crippen LogP contribution in [0.3, 0.4) is 0 Å². The number of rotatable bonds is 5. The van der Waals surface area contributed by atoms with Gasteiger partial charge in [-0.15, -0.1) is 0 Å². The number of hydrogen-bond acceptors (Lipinski definition) is 3. The van der Waals surface area contributed by atoms with Gasteiger partial charge in [-0.2, -0.15) is 0 Å². The molecule has 3 N–H and O–H groups in total. The van der Waals surface area contributed by atoms with E-state index < -0.39 is 0 Å². The molecular weight excluding hydrogens is 357 g/mol. The van der Waals surface area contributed by atoms with Crippen LogP contribution in [0.15, 0.2) is 18.7 Å². The van der Waals surface area contributed by atoms with Crippen molar-refractivity contribution in [1.82, 2.24) is 9.88 Å². The van der Waals surface area contributed by atoms with Crippen molar-refractivity contribution >= 4 is 28.4 Å². The third-order valence-corrected chi connectivity index (χ3v) is 5.42. The first-order valence-electron chi connectivity index (χ1n) is 8.66. The highest BCUT2D eigenvalue weighted by Crippen LogP contribution is 2.40. The van der Waals surface area contributed by atoms with Gasteiger partial charge in [0.15, 0.2) is 0 Å². The number of aromatic nitrogens is 1. The highest BCUT2D eigenvalue weighted by atomic mass is 35.5. The van der Waals surface area contributed by atoms with Gasteiger partial charge in [0.2, 0.25) is 5.91 Å². The number of benzene rings is 1. The van der Waals surface area contributed by atoms with Crippen LogP contribution in [-0.4, -0.2) is 35.6 Å². The predicted octanol–water partition coefficient (Wildman–Crippen LogP) is 3.59. The topological polar surface area (TPSA) is 71.3 Å². The van der Waals surface area contributed by atoms with E-state index in [-0.39, 0.29) is 31.0 Å². The van der Waals surface area contributed by atoms with E-state index in [1.54, 1.807) is 4.90 Å². The zero-order valence-electron chi connectivity index (χ0n) is 14.8. The average molecular weight is 380 g/mol. The van der Waals surface area contributed by atoms with Crippen LogP contribution in [0, 0.1) is 12.7 Å². The summed E-state index contributed by atoms with van der Waals surface area (Å²) in [6.45, 7) is 6.77. The third-order valence-electron chi connectivity index (χ3n) is 4.95. The van der Waals surface area contributed by atoms with Gasteiger partial charge in [-0.05, 0) is 31.9 Å². The number of amides is 1. The molecule has 140 valence electrons. The van der Waals surface area contributed by atoms with Gasteiger partial charge in [0.1, 0.15) is 5.82 Å². The van der Waals surface area contributed by atoms with Crippen LogP contribution in [0.4, 0.5) is 4.39 Å². The quantitative estimate of drug-likeness (QED) is 0.616. The molecule has 0 spiro atoms. The Balaban J connectivity index is 2.09. The fourth-order valence-corrected chi connectivity index (χ4v) is 3.99. The van der Waals surface area contributed by atoms with E-state index in [1.807, 2.05) is 6.92 Å². The van der Waals surface area contributed by atoms with Crippen LogP contribution < -0.4 is 5.73 Å². The van der Waals surface area contributed by atoms with Crippen molar-refractivity contribution in [2.75, 3.05) is 19.8 Å². The average Bonchev–Trinajstić information content (AvgIpc) is 2.94. The molecule has 0 radical (unpaired) electrons. The Morgan fingerprint density at radius 1 is 1.62 bits per heavy atom. The Labute approximate surface area is 156 Å². The second kappa shape index (κ2) is 7.78. The first kappa shape index (κ1) is 18.9. The van der Waals surface area contributed by atoms with Crippen molar-refractivity contribution in [2.45, 2.75) is 32.3 Å². The van der Waals surface area contributed by atoms with Crippen LogP contribution in [0.25, 0.3) is 10.9 Å². The SMILES string of the molecule is C=CC(=O)N1CCC[C@H](c2c(F)cc(COCN)c3[nH]c(C)c(Cl)c23)C1. The number of carbonyl (C=O) groups is 1. The second-order valence-electron chi connectivity index (χ2n) is 6.59. The van der Waals surface area contributed by atoms with Crippen molar-refractivity contribution in [3.63, 3.8) is 0 Å². The van der Waals surface area contributed by atoms with Crippen LogP contribution in [-0.2, 0) is 16.1 Å². The minimum atomic E-state index is -0.327. The van der Waals surface area contributed by atoms with Crippen molar-refractivity contribution in [3.05, 3.63) is 46.4 Å². The van der Waals surface area contributed by atoms with E-state index in [2.05, 4.69) is 11.6 Å². The fourth-order valence-electron chi connectivity index (χ4n) is 3.74. The number of nitrogens with one attached hydrogen (secondary N) is 1. The summed E-state index contributed by atoms with van der Waals surface area (Å²) in [5.74, 6) is -0.574. The zero-order valence-corrected chi connectivity index (χ0v) is 15.5. The van der Waals surface area contributed by atoms with Crippen LogP contribution in [0.5, 0.6) is 0 Å². The minimum Gasteiger partial charge on any atom is -0.362 e. The molecule has 0 unspecified atom stereocenters. The standard InChI is InChI=1S/C19H23ClFN3O2/c1-3-15(25)24-6-4-5-12(8-24)16-14(21)7-13(9-26-10-22)19-17(16)18(20)11(2)23-19/h3,7,12,23H,1,4-6,8-10,22H2,2H3/t12-/m0/s1. The molecule has 0 bridgehead atoms. The summed E-state index contributed by atoms with van der Waals surface area (Å²) in [6, 6.07) is 1.48. The summed E-state index contributed by atoms with van der Waals surface area (Å²) in [4.78, 5) is 16.9. The lowest BCUT2D eigenvalue weighted by Crippen LogP contribution is -2.38. The number of ether oxygens (including phenoxy) is 1. The van der Waals surface area contributed by atoms with Gasteiger partial charge in [-0.1, -0.05) is 18.2 Å². The number of piperidine rings is 1. The number of hydrogen-bond donors (Lipinski definition) is 2. The molecule has 0 saturated carbocycles. The first-order chi connectivity index (χ1) is 12.5. The molecular formula is C19H23ClFN3O2. The third kappa shape index (κ3) is 3.37. The maximum Gasteiger partial charge on any atom is 0.245 e. The Bertz CT molecular complexity index is 849. The summed E-state index contributed by atoms with van der Waals surface area (Å²) in [6.07, 6.45) is 2.91. The van der Waals surface area contributed by atoms with E-state index in [4.69, 9.17) is 22.1 Å². The summed E-state index contributed by atoms with van der Waals surface area (Å²) in [5, 5.41) is 1.19. The number of nitrogens with two attached hydrogens (primary N) is 1. The van der Waals surface area contributed by atoms with Crippen molar-refractivity contribution in [2.24, 2.45) is 5.73 Å². The van der Waals surface area contributed by atoms with Crippen molar-refractivity contribution < 1.29 is 13.9 Å². The second-order valence-corrected chi connectivity index (χ2v) is 6.97. The molecule has 1 amide bonds. The number of aromatic amines is 1. The van der Waals surface area contributed by atoms with Gasteiger partial charge in [0, 0.05) is 41.2 Å². The van der Waals surface area contributed by atoms with Crippen LogP contribution >= 0.6 is 11.6 Å². The number of H-pyrrole nitrogens is 1. The minimum absolute atomic E-state index is 0.0551. The van der Waals surface area contributed by atoms with Gasteiger partial charge in [-0.25, -0.2) is 4.39 Å². The Kier molecular flexibility index (Phi) is 5.65. The van der Waals surface area contributed by atoms with Crippen LogP contribution in [0.2, 0.25) is 5.02 Å². The number of fused-ring (bicyclic) bond motifs is 1. The summed E-state index contributed by atoms with van der Waals surface area (Å²) in [5.41, 5.74) is 8.18. The number of carbonyl (C=O) groups excluding carboxylic acids is 1. The van der Waals surface area contributed by atoms with E-state index >= 15 is 4.39 Å². The molecule has 2 heterocycles. The maximum absolute atomic E-state index is 15.1. The molecule has 1 aliphatic rings. The van der Waals surface area contributed by atoms with Crippen molar-refractivity contribution in [1.29, 1.82) is 0 Å². The van der Waals surface area contributed by atoms with Gasteiger partial charge >= 0.3 is 0 Å². The number of aryl methyl sites for hydroxylation is 1. The molecule has 1 saturated heterocycles. The maximum atomic E-state index is 15.1. The van der Waals surface area contributed by atoms with E-state index in [9.17, 15) is 4.79 Å². The normalized spacial score (nSPS) is 17.7. The molecule has 2 aromatic rings. The largest absolute Gasteiger partial charge is 0.362 e. The van der Waals surface area contributed by atoms with Crippen LogP contribution in [0.1, 0.15) is 35.6 Å². The molecule has 1 fully saturated rings. The van der Waals surface area contributed by atoms with E-state index in [0.717, 1.165) is 24.1 Å². The van der Waals surface area contributed by atoms with Crippen molar-refractivity contribution in [3.8, 4) is 0 Å². The molecule has 5 nitrogen and oxygen atoms in total. The Morgan fingerprint density at radius 2 is 2.38 bits per heavy atom. The zero-order chi connectivity index (χ0) is 18.8. The fraction of sp³-hybridized carbons (Fsp3) is 0.421. The predicted molar refractivity (Wildman–Crippen MR) is 101 cm³/mol. The van der Waals surface area contributed by atoms with Gasteiger partial charge in [0.25, 0.3) is 0 Å². The smallest absolute Gasteiger partial charge is 0.245 e. The lowest BCUT2D eigenvalue weighted by Gasteiger charge is -2.33. The lowest BCUT2D eigenvalue weighted by molar-refractivity contribution is -0.127. The molecule has 1 atom stereocenters. The monoisotopic (exact) mass is 379 g/mol. The van der Waals surface area contributed by atoms with Gasteiger partial charge in [0.05, 0.1) is 23.9 Å². The first-order valence-corrected chi connectivity index (χ1v) is 9.03. The van der Waals surface area contributed by atoms with Gasteiger partial charge in [-0.3, -0.25) is 4.79 Å². The lowest BCUT2D eigenvalue weighted by atomic mass is 9.87. The summed E-state index contributed by atoms with van der Waals surface area (Å²) < 4.78 is 20.4. The molecule has 3 rings (SSSR count). The summed E-state index contributed by atoms with van der Waals surface area (Å²) >= 11 is 6.51. The highest BCUT2D eigenvalue weighted by Gasteiger charge is 2.29. The number of nitrogens with zero attached hydrogens (tertiary/aromatic N) is 1. The summed E-state index contributed by atoms with van der Waals surface area (Å²) in [7, 11) is 0. The van der Waals surface area contributed by atoms with E-state index in [0.29, 0.717) is 34.6 Å². The molecule has 0 aliphatic carbocycles. The highest BCUT2D eigenvalue weighted by molar-refractivity contribution is 6.36. The Hall–Kier alpha value is -1.89. The molecule has 26 heavy (non-hydrogen) atoms. The van der Waals surface area contributed by atoms with E-state index in [1.165, 1.54) is 12.1 Å². The van der Waals surface area contributed by atoms with Gasteiger partial charge < -0.3 is 20.4 Å². The molecule has 7 heteroatoms. The molecule has 1 aliphatic heterocycles. The Morgan fingerprint density at radius 3 is 3.08 bits per heavy atom. The molecule has 1 aromatic carbocycles. The molecule has 1 aromatic heterocycles. The number of halogens is 2.